The molecule has 1 unspecified atom stereocenters. The highest BCUT2D eigenvalue weighted by molar-refractivity contribution is 7.99. The first-order valence-corrected chi connectivity index (χ1v) is 8.48. The molecule has 1 saturated heterocycles. The molecule has 0 aliphatic carbocycles. The molecule has 0 spiro atoms. The third-order valence-electron chi connectivity index (χ3n) is 3.89. The Kier molecular flexibility index (Phi) is 6.06. The summed E-state index contributed by atoms with van der Waals surface area (Å²) in [6.07, 6.45) is 2.47. The predicted molar refractivity (Wildman–Crippen MR) is 88.0 cm³/mol. The van der Waals surface area contributed by atoms with Crippen LogP contribution < -0.4 is 19.5 Å². The summed E-state index contributed by atoms with van der Waals surface area (Å²) in [5, 5.41) is 3.71. The van der Waals surface area contributed by atoms with Gasteiger partial charge in [0.2, 0.25) is 5.75 Å². The second-order valence-electron chi connectivity index (χ2n) is 5.23. The van der Waals surface area contributed by atoms with Gasteiger partial charge in [-0.3, -0.25) is 0 Å². The highest BCUT2D eigenvalue weighted by Crippen LogP contribution is 2.39. The summed E-state index contributed by atoms with van der Waals surface area (Å²) < 4.78 is 16.2. The van der Waals surface area contributed by atoms with Gasteiger partial charge in [-0.05, 0) is 49.0 Å². The van der Waals surface area contributed by atoms with E-state index in [1.165, 1.54) is 24.3 Å². The fourth-order valence-corrected chi connectivity index (χ4v) is 3.77. The van der Waals surface area contributed by atoms with E-state index >= 15 is 0 Å². The van der Waals surface area contributed by atoms with Crippen molar-refractivity contribution < 1.29 is 14.2 Å². The molecule has 1 heterocycles. The maximum absolute atomic E-state index is 5.42. The smallest absolute Gasteiger partial charge is 0.203 e. The summed E-state index contributed by atoms with van der Waals surface area (Å²) in [6.45, 7) is 2.18. The van der Waals surface area contributed by atoms with Gasteiger partial charge in [0.15, 0.2) is 11.5 Å². The van der Waals surface area contributed by atoms with E-state index in [2.05, 4.69) is 12.2 Å². The Morgan fingerprint density at radius 2 is 1.62 bits per heavy atom. The summed E-state index contributed by atoms with van der Waals surface area (Å²) in [6, 6.07) is 4.90. The van der Waals surface area contributed by atoms with E-state index in [4.69, 9.17) is 14.2 Å². The van der Waals surface area contributed by atoms with E-state index in [0.717, 1.165) is 5.56 Å². The molecule has 1 fully saturated rings. The minimum Gasteiger partial charge on any atom is -0.493 e. The standard InChI is InChI=1S/C16H25NO3S/c1-11(17-13-5-7-21-8-6-13)12-9-14(18-2)16(20-4)15(10-12)19-3/h9-11,13,17H,5-8H2,1-4H3. The number of hydrogen-bond donors (Lipinski definition) is 1. The quantitative estimate of drug-likeness (QED) is 0.873. The molecule has 2 rings (SSSR count). The molecule has 1 atom stereocenters. The van der Waals surface area contributed by atoms with Crippen LogP contribution in [-0.4, -0.2) is 38.9 Å². The van der Waals surface area contributed by atoms with Gasteiger partial charge >= 0.3 is 0 Å². The minimum absolute atomic E-state index is 0.256. The van der Waals surface area contributed by atoms with Crippen molar-refractivity contribution in [1.82, 2.24) is 5.32 Å². The van der Waals surface area contributed by atoms with Gasteiger partial charge in [-0.2, -0.15) is 11.8 Å². The summed E-state index contributed by atoms with van der Waals surface area (Å²) in [7, 11) is 4.93. The number of nitrogens with one attached hydrogen (secondary N) is 1. The molecule has 1 aliphatic heterocycles. The van der Waals surface area contributed by atoms with Crippen LogP contribution in [0.15, 0.2) is 12.1 Å². The lowest BCUT2D eigenvalue weighted by Gasteiger charge is -2.27. The van der Waals surface area contributed by atoms with E-state index in [0.29, 0.717) is 23.3 Å². The summed E-state index contributed by atoms with van der Waals surface area (Å²) in [4.78, 5) is 0. The fourth-order valence-electron chi connectivity index (χ4n) is 2.67. The molecule has 1 aliphatic rings. The minimum atomic E-state index is 0.256. The molecule has 1 aromatic carbocycles. The molecule has 1 aromatic rings. The van der Waals surface area contributed by atoms with Gasteiger partial charge in [-0.15, -0.1) is 0 Å². The lowest BCUT2D eigenvalue weighted by atomic mass is 10.0. The van der Waals surface area contributed by atoms with Crippen LogP contribution in [0.25, 0.3) is 0 Å². The van der Waals surface area contributed by atoms with Crippen LogP contribution in [0.4, 0.5) is 0 Å². The van der Waals surface area contributed by atoms with Gasteiger partial charge in [0.25, 0.3) is 0 Å². The zero-order valence-electron chi connectivity index (χ0n) is 13.3. The topological polar surface area (TPSA) is 39.7 Å². The Morgan fingerprint density at radius 1 is 1.05 bits per heavy atom. The lowest BCUT2D eigenvalue weighted by Crippen LogP contribution is -2.34. The van der Waals surface area contributed by atoms with Crippen LogP contribution >= 0.6 is 11.8 Å². The van der Waals surface area contributed by atoms with Crippen molar-refractivity contribution in [3.63, 3.8) is 0 Å². The highest BCUT2D eigenvalue weighted by Gasteiger charge is 2.20. The molecule has 118 valence electrons. The molecular formula is C16H25NO3S. The van der Waals surface area contributed by atoms with Gasteiger partial charge in [-0.1, -0.05) is 0 Å². The summed E-state index contributed by atoms with van der Waals surface area (Å²) in [5.41, 5.74) is 1.16. The Labute approximate surface area is 131 Å². The number of rotatable bonds is 6. The third-order valence-corrected chi connectivity index (χ3v) is 4.94. The molecule has 0 saturated carbocycles. The number of thioether (sulfide) groups is 1. The lowest BCUT2D eigenvalue weighted by molar-refractivity contribution is 0.322. The van der Waals surface area contributed by atoms with Crippen molar-refractivity contribution in [3.8, 4) is 17.2 Å². The van der Waals surface area contributed by atoms with Crippen LogP contribution in [0.5, 0.6) is 17.2 Å². The predicted octanol–water partition coefficient (Wildman–Crippen LogP) is 3.26. The Morgan fingerprint density at radius 3 is 2.10 bits per heavy atom. The Bertz CT molecular complexity index is 436. The summed E-state index contributed by atoms with van der Waals surface area (Å²) >= 11 is 2.04. The second-order valence-corrected chi connectivity index (χ2v) is 6.46. The van der Waals surface area contributed by atoms with Gasteiger partial charge in [0.1, 0.15) is 0 Å². The zero-order valence-corrected chi connectivity index (χ0v) is 14.1. The second kappa shape index (κ2) is 7.80. The fraction of sp³-hybridized carbons (Fsp3) is 0.625. The first-order chi connectivity index (χ1) is 10.2. The normalized spacial score (nSPS) is 17.3. The summed E-state index contributed by atoms with van der Waals surface area (Å²) in [5.74, 6) is 4.56. The molecule has 0 radical (unpaired) electrons. The maximum atomic E-state index is 5.42. The van der Waals surface area contributed by atoms with Crippen LogP contribution in [0.1, 0.15) is 31.4 Å². The Balaban J connectivity index is 2.17. The third kappa shape index (κ3) is 3.98. The van der Waals surface area contributed by atoms with Gasteiger partial charge < -0.3 is 19.5 Å². The van der Waals surface area contributed by atoms with E-state index in [1.54, 1.807) is 21.3 Å². The number of hydrogen-bond acceptors (Lipinski definition) is 5. The van der Waals surface area contributed by atoms with Crippen LogP contribution in [0.3, 0.4) is 0 Å². The molecule has 0 bridgehead atoms. The van der Waals surface area contributed by atoms with Crippen molar-refractivity contribution in [2.75, 3.05) is 32.8 Å². The van der Waals surface area contributed by atoms with Crippen molar-refractivity contribution >= 4 is 11.8 Å². The van der Waals surface area contributed by atoms with Gasteiger partial charge in [0.05, 0.1) is 21.3 Å². The van der Waals surface area contributed by atoms with Crippen LogP contribution in [0.2, 0.25) is 0 Å². The monoisotopic (exact) mass is 311 g/mol. The van der Waals surface area contributed by atoms with E-state index in [1.807, 2.05) is 23.9 Å². The average molecular weight is 311 g/mol. The molecule has 0 amide bonds. The average Bonchev–Trinajstić information content (AvgIpc) is 2.54. The highest BCUT2D eigenvalue weighted by atomic mass is 32.2. The molecule has 4 nitrogen and oxygen atoms in total. The Hall–Kier alpha value is -1.07. The van der Waals surface area contributed by atoms with E-state index in [9.17, 15) is 0 Å². The number of benzene rings is 1. The zero-order chi connectivity index (χ0) is 15.2. The first kappa shape index (κ1) is 16.3. The molecule has 21 heavy (non-hydrogen) atoms. The molecular weight excluding hydrogens is 286 g/mol. The molecule has 0 aromatic heterocycles. The van der Waals surface area contributed by atoms with Crippen LogP contribution in [0, 0.1) is 0 Å². The molecule has 1 N–H and O–H groups in total. The van der Waals surface area contributed by atoms with Crippen molar-refractivity contribution in [2.45, 2.75) is 31.8 Å². The van der Waals surface area contributed by atoms with Crippen molar-refractivity contribution in [3.05, 3.63) is 17.7 Å². The van der Waals surface area contributed by atoms with Crippen LogP contribution in [-0.2, 0) is 0 Å². The number of ether oxygens (including phenoxy) is 3. The van der Waals surface area contributed by atoms with E-state index < -0.39 is 0 Å². The maximum Gasteiger partial charge on any atom is 0.203 e. The van der Waals surface area contributed by atoms with Gasteiger partial charge in [-0.25, -0.2) is 0 Å². The largest absolute Gasteiger partial charge is 0.493 e. The van der Waals surface area contributed by atoms with Gasteiger partial charge in [0, 0.05) is 12.1 Å². The SMILES string of the molecule is COc1cc(C(C)NC2CCSCC2)cc(OC)c1OC. The van der Waals surface area contributed by atoms with E-state index in [-0.39, 0.29) is 6.04 Å². The molecule has 5 heteroatoms. The first-order valence-electron chi connectivity index (χ1n) is 7.33. The number of methoxy groups -OCH3 is 3. The van der Waals surface area contributed by atoms with Crippen molar-refractivity contribution in [2.24, 2.45) is 0 Å². The van der Waals surface area contributed by atoms with Crippen molar-refractivity contribution in [1.29, 1.82) is 0 Å².